The van der Waals surface area contributed by atoms with Crippen LogP contribution in [0.3, 0.4) is 0 Å². The van der Waals surface area contributed by atoms with Crippen molar-refractivity contribution in [2.24, 2.45) is 0 Å². The highest BCUT2D eigenvalue weighted by molar-refractivity contribution is 8.33. The molecule has 0 saturated carbocycles. The van der Waals surface area contributed by atoms with Crippen LogP contribution < -0.4 is 0 Å². The first-order chi connectivity index (χ1) is 5.66. The minimum Gasteiger partial charge on any atom is -0.108 e. The summed E-state index contributed by atoms with van der Waals surface area (Å²) in [4.78, 5) is 0. The van der Waals surface area contributed by atoms with Gasteiger partial charge in [0.25, 0.3) is 0 Å². The van der Waals surface area contributed by atoms with Crippen LogP contribution in [0.25, 0.3) is 0 Å². The summed E-state index contributed by atoms with van der Waals surface area (Å²) in [6.07, 6.45) is 5.37. The molecule has 0 fully saturated rings. The molecule has 0 heterocycles. The topological polar surface area (TPSA) is 0 Å². The smallest absolute Gasteiger partial charge is 0.0772 e. The second-order valence-electron chi connectivity index (χ2n) is 2.10. The summed E-state index contributed by atoms with van der Waals surface area (Å²) in [5.41, 5.74) is 0. The molecule has 0 aromatic carbocycles. The number of rotatable bonds is 1. The third-order valence-electron chi connectivity index (χ3n) is 1.52. The maximum atomic E-state index is 5.37. The summed E-state index contributed by atoms with van der Waals surface area (Å²) in [7, 11) is -1.62. The van der Waals surface area contributed by atoms with Gasteiger partial charge in [-0.05, 0) is 41.5 Å². The van der Waals surface area contributed by atoms with E-state index >= 15 is 0 Å². The quantitative estimate of drug-likeness (QED) is 0.423. The molecule has 0 N–H and O–H groups in total. The molecule has 0 aliphatic rings. The largest absolute Gasteiger partial charge is 0.108 e. The van der Waals surface area contributed by atoms with Crippen molar-refractivity contribution < 1.29 is 0 Å². The van der Waals surface area contributed by atoms with Gasteiger partial charge in [0, 0.05) is 0 Å². The second-order valence-corrected chi connectivity index (χ2v) is 4.94. The Labute approximate surface area is 75.5 Å². The van der Waals surface area contributed by atoms with E-state index in [0.717, 1.165) is 0 Å². The van der Waals surface area contributed by atoms with Gasteiger partial charge in [-0.25, -0.2) is 0 Å². The van der Waals surface area contributed by atoms with Gasteiger partial charge in [0.05, 0.1) is 5.25 Å². The van der Waals surface area contributed by atoms with E-state index in [4.69, 9.17) is 6.42 Å². The number of hydrogen-bond acceptors (Lipinski definition) is 0. The molecule has 62 valence electrons. The Morgan fingerprint density at radius 2 is 1.83 bits per heavy atom. The summed E-state index contributed by atoms with van der Waals surface area (Å²) in [5.74, 6) is 5.79. The summed E-state index contributed by atoms with van der Waals surface area (Å²) in [6, 6.07) is 0. The van der Waals surface area contributed by atoms with Crippen LogP contribution in [0.4, 0.5) is 0 Å². The SMILES string of the molecule is C#CS(=C=C)(=C=C)C(C)C#CC. The fourth-order valence-corrected chi connectivity index (χ4v) is 2.05. The number of terminal acetylenes is 1. The van der Waals surface area contributed by atoms with E-state index in [9.17, 15) is 0 Å². The Balaban J connectivity index is 5.66. The van der Waals surface area contributed by atoms with Crippen LogP contribution in [-0.4, -0.2) is 15.3 Å². The van der Waals surface area contributed by atoms with Gasteiger partial charge in [0.2, 0.25) is 0 Å². The highest BCUT2D eigenvalue weighted by Crippen LogP contribution is 2.24. The van der Waals surface area contributed by atoms with Crippen LogP contribution in [0.1, 0.15) is 13.8 Å². The first kappa shape index (κ1) is 10.8. The molecule has 12 heavy (non-hydrogen) atoms. The van der Waals surface area contributed by atoms with Crippen molar-refractivity contribution in [3.05, 3.63) is 13.2 Å². The molecule has 0 saturated heterocycles. The van der Waals surface area contributed by atoms with Gasteiger partial charge in [-0.3, -0.25) is 0 Å². The highest BCUT2D eigenvalue weighted by Gasteiger charge is 2.04. The van der Waals surface area contributed by atoms with Gasteiger partial charge in [0.1, 0.15) is 0 Å². The molecule has 0 aliphatic carbocycles. The molecule has 0 aromatic heterocycles. The lowest BCUT2D eigenvalue weighted by Crippen LogP contribution is -1.97. The fourth-order valence-electron chi connectivity index (χ4n) is 0.778. The molecule has 0 bridgehead atoms. The minimum absolute atomic E-state index is 0.0440. The van der Waals surface area contributed by atoms with Gasteiger partial charge >= 0.3 is 0 Å². The standard InChI is InChI=1S/C11H12S/c1-6-10-11(5)12(7-2,8-3)9-4/h2,11H,3-4H2,1,5H3. The summed E-state index contributed by atoms with van der Waals surface area (Å²) < 4.78 is 0. The van der Waals surface area contributed by atoms with E-state index in [1.165, 1.54) is 0 Å². The lowest BCUT2D eigenvalue weighted by Gasteiger charge is -2.07. The molecule has 1 unspecified atom stereocenters. The van der Waals surface area contributed by atoms with Crippen molar-refractivity contribution in [3.8, 4) is 23.5 Å². The average molecular weight is 176 g/mol. The van der Waals surface area contributed by atoms with E-state index in [1.54, 1.807) is 6.92 Å². The Hall–Kier alpha value is -1.23. The predicted molar refractivity (Wildman–Crippen MR) is 60.6 cm³/mol. The van der Waals surface area contributed by atoms with Gasteiger partial charge in [-0.15, -0.1) is 12.3 Å². The molecule has 0 amide bonds. The average Bonchev–Trinajstić information content (AvgIpc) is 2.09. The third-order valence-corrected chi connectivity index (χ3v) is 3.98. The number of hydrogen-bond donors (Lipinski definition) is 0. The van der Waals surface area contributed by atoms with Crippen molar-refractivity contribution in [1.29, 1.82) is 0 Å². The van der Waals surface area contributed by atoms with Crippen LogP contribution in [0.15, 0.2) is 13.2 Å². The van der Waals surface area contributed by atoms with Crippen LogP contribution in [0, 0.1) is 23.5 Å². The molecule has 1 atom stereocenters. The molecule has 0 aromatic rings. The van der Waals surface area contributed by atoms with Crippen LogP contribution in [0.2, 0.25) is 0 Å². The Bertz CT molecular complexity index is 396. The van der Waals surface area contributed by atoms with Crippen LogP contribution in [-0.2, 0) is 0 Å². The molecule has 0 nitrogen and oxygen atoms in total. The van der Waals surface area contributed by atoms with E-state index in [0.29, 0.717) is 0 Å². The second kappa shape index (κ2) is 4.61. The molecule has 0 aliphatic heterocycles. The third kappa shape index (κ3) is 1.88. The summed E-state index contributed by atoms with van der Waals surface area (Å²) in [5, 5.41) is 8.32. The lowest BCUT2D eigenvalue weighted by atomic mass is 10.5. The van der Waals surface area contributed by atoms with Crippen molar-refractivity contribution in [1.82, 2.24) is 0 Å². The lowest BCUT2D eigenvalue weighted by molar-refractivity contribution is 1.30. The summed E-state index contributed by atoms with van der Waals surface area (Å²) in [6.45, 7) is 10.9. The molecular formula is C11H12S. The molecular weight excluding hydrogens is 164 g/mol. The predicted octanol–water partition coefficient (Wildman–Crippen LogP) is 1.97. The van der Waals surface area contributed by atoms with Gasteiger partial charge < -0.3 is 0 Å². The summed E-state index contributed by atoms with van der Waals surface area (Å²) >= 11 is 0. The van der Waals surface area contributed by atoms with Gasteiger partial charge in [-0.2, -0.15) is 0 Å². The van der Waals surface area contributed by atoms with Crippen molar-refractivity contribution >= 4 is 19.3 Å². The van der Waals surface area contributed by atoms with Crippen molar-refractivity contribution in [2.45, 2.75) is 19.1 Å². The first-order valence-corrected chi connectivity index (χ1v) is 5.16. The minimum atomic E-state index is -1.62. The Kier molecular flexibility index (Phi) is 4.14. The van der Waals surface area contributed by atoms with Gasteiger partial charge in [0.15, 0.2) is 0 Å². The first-order valence-electron chi connectivity index (χ1n) is 3.46. The normalized spacial score (nSPS) is 11.1. The Morgan fingerprint density at radius 1 is 1.33 bits per heavy atom. The zero-order chi connectivity index (χ0) is 9.61. The molecule has 0 spiro atoms. The van der Waals surface area contributed by atoms with Crippen LogP contribution in [0.5, 0.6) is 0 Å². The zero-order valence-corrected chi connectivity index (χ0v) is 8.29. The Morgan fingerprint density at radius 3 is 2.08 bits per heavy atom. The maximum absolute atomic E-state index is 5.37. The van der Waals surface area contributed by atoms with E-state index in [1.807, 2.05) is 6.92 Å². The molecule has 0 rings (SSSR count). The van der Waals surface area contributed by atoms with E-state index in [-0.39, 0.29) is 5.25 Å². The van der Waals surface area contributed by atoms with Crippen molar-refractivity contribution in [3.63, 3.8) is 0 Å². The maximum Gasteiger partial charge on any atom is 0.0772 e. The molecule has 1 heteroatoms. The highest BCUT2D eigenvalue weighted by atomic mass is 32.2. The van der Waals surface area contributed by atoms with E-state index in [2.05, 4.69) is 40.3 Å². The van der Waals surface area contributed by atoms with E-state index < -0.39 is 9.21 Å². The van der Waals surface area contributed by atoms with Gasteiger partial charge in [-0.1, -0.05) is 16.0 Å². The monoisotopic (exact) mass is 176 g/mol. The van der Waals surface area contributed by atoms with Crippen molar-refractivity contribution in [2.75, 3.05) is 0 Å². The van der Waals surface area contributed by atoms with Crippen LogP contribution >= 0.6 is 9.21 Å². The fraction of sp³-hybridized carbons (Fsp3) is 0.273. The molecule has 0 radical (unpaired) electrons. The zero-order valence-electron chi connectivity index (χ0n) is 7.48.